The lowest BCUT2D eigenvalue weighted by Gasteiger charge is -2.08. The number of aromatic nitrogens is 1. The maximum absolute atomic E-state index is 13.0. The molecule has 0 bridgehead atoms. The van der Waals surface area contributed by atoms with Gasteiger partial charge < -0.3 is 5.11 Å². The van der Waals surface area contributed by atoms with E-state index in [9.17, 15) is 9.50 Å². The Balaban J connectivity index is 2.31. The minimum absolute atomic E-state index is 0.0758. The molecule has 3 rings (SSSR count). The van der Waals surface area contributed by atoms with Crippen LogP contribution in [0.2, 0.25) is 0 Å². The van der Waals surface area contributed by atoms with Gasteiger partial charge in [0.05, 0.1) is 0 Å². The molecule has 3 aromatic rings. The van der Waals surface area contributed by atoms with Gasteiger partial charge in [0.1, 0.15) is 11.6 Å². The zero-order valence-corrected chi connectivity index (χ0v) is 9.47. The molecule has 3 heteroatoms. The third kappa shape index (κ3) is 1.70. The third-order valence-electron chi connectivity index (χ3n) is 2.92. The van der Waals surface area contributed by atoms with Crippen LogP contribution in [-0.2, 0) is 0 Å². The molecular weight excluding hydrogens is 229 g/mol. The van der Waals surface area contributed by atoms with E-state index in [2.05, 4.69) is 4.98 Å². The predicted molar refractivity (Wildman–Crippen MR) is 68.8 cm³/mol. The topological polar surface area (TPSA) is 33.1 Å². The molecule has 1 aromatic heterocycles. The second kappa shape index (κ2) is 4.11. The van der Waals surface area contributed by atoms with E-state index in [4.69, 9.17) is 0 Å². The van der Waals surface area contributed by atoms with Crippen molar-refractivity contribution in [3.05, 3.63) is 60.7 Å². The van der Waals surface area contributed by atoms with Crippen molar-refractivity contribution in [1.82, 2.24) is 4.98 Å². The fourth-order valence-corrected chi connectivity index (χ4v) is 2.06. The Kier molecular flexibility index (Phi) is 2.45. The van der Waals surface area contributed by atoms with Gasteiger partial charge in [0.2, 0.25) is 0 Å². The highest BCUT2D eigenvalue weighted by Crippen LogP contribution is 2.33. The van der Waals surface area contributed by atoms with E-state index >= 15 is 0 Å². The van der Waals surface area contributed by atoms with Gasteiger partial charge in [-0.15, -0.1) is 0 Å². The smallest absolute Gasteiger partial charge is 0.126 e. The van der Waals surface area contributed by atoms with Crippen LogP contribution < -0.4 is 0 Å². The molecule has 0 aliphatic heterocycles. The summed E-state index contributed by atoms with van der Waals surface area (Å²) in [5, 5.41) is 11.8. The highest BCUT2D eigenvalue weighted by Gasteiger charge is 2.09. The second-order valence-electron chi connectivity index (χ2n) is 4.07. The first-order chi connectivity index (χ1) is 8.75. The standard InChI is InChI=1S/C15H10FNO/c16-11-5-6-13(15(18)7-11)14-9-17-8-10-3-1-2-4-12(10)14/h1-9,18H. The molecule has 0 aliphatic rings. The first-order valence-electron chi connectivity index (χ1n) is 5.57. The normalized spacial score (nSPS) is 10.7. The van der Waals surface area contributed by atoms with Crippen molar-refractivity contribution in [2.75, 3.05) is 0 Å². The summed E-state index contributed by atoms with van der Waals surface area (Å²) in [4.78, 5) is 4.15. The van der Waals surface area contributed by atoms with Gasteiger partial charge in [0.15, 0.2) is 0 Å². The highest BCUT2D eigenvalue weighted by molar-refractivity contribution is 5.96. The predicted octanol–water partition coefficient (Wildman–Crippen LogP) is 3.75. The number of hydrogen-bond donors (Lipinski definition) is 1. The van der Waals surface area contributed by atoms with Crippen LogP contribution in [0.5, 0.6) is 5.75 Å². The average Bonchev–Trinajstić information content (AvgIpc) is 2.38. The average molecular weight is 239 g/mol. The van der Waals surface area contributed by atoms with Gasteiger partial charge in [0.25, 0.3) is 0 Å². The number of fused-ring (bicyclic) bond motifs is 1. The molecule has 1 N–H and O–H groups in total. The number of phenols is 1. The maximum Gasteiger partial charge on any atom is 0.126 e. The van der Waals surface area contributed by atoms with Gasteiger partial charge in [-0.25, -0.2) is 4.39 Å². The number of halogens is 1. The summed E-state index contributed by atoms with van der Waals surface area (Å²) in [7, 11) is 0. The van der Waals surface area contributed by atoms with E-state index in [1.54, 1.807) is 18.5 Å². The molecule has 0 saturated carbocycles. The van der Waals surface area contributed by atoms with Crippen LogP contribution in [0.25, 0.3) is 21.9 Å². The van der Waals surface area contributed by atoms with Crippen molar-refractivity contribution in [2.24, 2.45) is 0 Å². The monoisotopic (exact) mass is 239 g/mol. The maximum atomic E-state index is 13.0. The van der Waals surface area contributed by atoms with Crippen LogP contribution in [0.1, 0.15) is 0 Å². The first kappa shape index (κ1) is 10.7. The Morgan fingerprint density at radius 1 is 0.944 bits per heavy atom. The van der Waals surface area contributed by atoms with Crippen LogP contribution in [-0.4, -0.2) is 10.1 Å². The molecule has 0 atom stereocenters. The summed E-state index contributed by atoms with van der Waals surface area (Å²) in [5.41, 5.74) is 1.38. The number of hydrogen-bond acceptors (Lipinski definition) is 2. The van der Waals surface area contributed by atoms with E-state index in [1.165, 1.54) is 6.07 Å². The van der Waals surface area contributed by atoms with Gasteiger partial charge in [-0.3, -0.25) is 4.98 Å². The van der Waals surface area contributed by atoms with E-state index in [0.717, 1.165) is 22.4 Å². The van der Waals surface area contributed by atoms with Crippen LogP contribution in [0.15, 0.2) is 54.9 Å². The third-order valence-corrected chi connectivity index (χ3v) is 2.92. The fraction of sp³-hybridized carbons (Fsp3) is 0. The molecule has 1 heterocycles. The second-order valence-corrected chi connectivity index (χ2v) is 4.07. The minimum Gasteiger partial charge on any atom is -0.507 e. The van der Waals surface area contributed by atoms with E-state index < -0.39 is 5.82 Å². The van der Waals surface area contributed by atoms with Crippen molar-refractivity contribution in [3.8, 4) is 16.9 Å². The van der Waals surface area contributed by atoms with Crippen molar-refractivity contribution in [2.45, 2.75) is 0 Å². The van der Waals surface area contributed by atoms with Crippen molar-refractivity contribution >= 4 is 10.8 Å². The highest BCUT2D eigenvalue weighted by atomic mass is 19.1. The number of pyridine rings is 1. The lowest BCUT2D eigenvalue weighted by molar-refractivity contribution is 0.471. The number of nitrogens with zero attached hydrogens (tertiary/aromatic N) is 1. The zero-order valence-electron chi connectivity index (χ0n) is 9.47. The molecule has 88 valence electrons. The summed E-state index contributed by atoms with van der Waals surface area (Å²) in [6.45, 7) is 0. The van der Waals surface area contributed by atoms with Crippen LogP contribution >= 0.6 is 0 Å². The summed E-state index contributed by atoms with van der Waals surface area (Å²) in [5.74, 6) is -0.530. The van der Waals surface area contributed by atoms with Gasteiger partial charge in [-0.2, -0.15) is 0 Å². The fourth-order valence-electron chi connectivity index (χ4n) is 2.06. The first-order valence-corrected chi connectivity index (χ1v) is 5.57. The molecule has 0 fully saturated rings. The molecule has 2 nitrogen and oxygen atoms in total. The van der Waals surface area contributed by atoms with Gasteiger partial charge in [-0.05, 0) is 17.5 Å². The zero-order chi connectivity index (χ0) is 12.5. The molecule has 0 aliphatic carbocycles. The Hall–Kier alpha value is -2.42. The van der Waals surface area contributed by atoms with Gasteiger partial charge in [-0.1, -0.05) is 24.3 Å². The number of benzene rings is 2. The molecule has 0 amide bonds. The van der Waals surface area contributed by atoms with Crippen LogP contribution in [0, 0.1) is 5.82 Å². The quantitative estimate of drug-likeness (QED) is 0.701. The summed E-state index contributed by atoms with van der Waals surface area (Å²) >= 11 is 0. The number of rotatable bonds is 1. The summed E-state index contributed by atoms with van der Waals surface area (Å²) in [6, 6.07) is 11.8. The van der Waals surface area contributed by atoms with Gasteiger partial charge >= 0.3 is 0 Å². The minimum atomic E-state index is -0.454. The lowest BCUT2D eigenvalue weighted by atomic mass is 10.0. The molecule has 2 aromatic carbocycles. The molecule has 0 unspecified atom stereocenters. The number of aromatic hydroxyl groups is 1. The number of phenolic OH excluding ortho intramolecular Hbond substituents is 1. The Morgan fingerprint density at radius 3 is 2.61 bits per heavy atom. The van der Waals surface area contributed by atoms with E-state index in [-0.39, 0.29) is 5.75 Å². The van der Waals surface area contributed by atoms with Gasteiger partial charge in [0, 0.05) is 35.0 Å². The molecule has 18 heavy (non-hydrogen) atoms. The summed E-state index contributed by atoms with van der Waals surface area (Å²) < 4.78 is 13.0. The molecule has 0 saturated heterocycles. The molecule has 0 radical (unpaired) electrons. The van der Waals surface area contributed by atoms with Crippen LogP contribution in [0.3, 0.4) is 0 Å². The Bertz CT molecular complexity index is 719. The van der Waals surface area contributed by atoms with Crippen molar-refractivity contribution in [1.29, 1.82) is 0 Å². The Morgan fingerprint density at radius 2 is 1.78 bits per heavy atom. The summed E-state index contributed by atoms with van der Waals surface area (Å²) in [6.07, 6.45) is 3.44. The largest absolute Gasteiger partial charge is 0.507 e. The SMILES string of the molecule is Oc1cc(F)ccc1-c1cncc2ccccc12. The molecule has 0 spiro atoms. The Labute approximate surface area is 103 Å². The van der Waals surface area contributed by atoms with E-state index in [0.29, 0.717) is 5.56 Å². The van der Waals surface area contributed by atoms with Crippen molar-refractivity contribution < 1.29 is 9.50 Å². The lowest BCUT2D eigenvalue weighted by Crippen LogP contribution is -1.85. The van der Waals surface area contributed by atoms with Crippen LogP contribution in [0.4, 0.5) is 4.39 Å². The molecular formula is C15H10FNO. The van der Waals surface area contributed by atoms with E-state index in [1.807, 2.05) is 24.3 Å². The van der Waals surface area contributed by atoms with Crippen molar-refractivity contribution in [3.63, 3.8) is 0 Å².